The molecule has 0 spiro atoms. The van der Waals surface area contributed by atoms with Gasteiger partial charge in [-0.25, -0.2) is 4.98 Å². The summed E-state index contributed by atoms with van der Waals surface area (Å²) in [7, 11) is 1.80. The van der Waals surface area contributed by atoms with E-state index in [-0.39, 0.29) is 6.54 Å². The van der Waals surface area contributed by atoms with Crippen molar-refractivity contribution >= 4 is 11.9 Å². The van der Waals surface area contributed by atoms with Crippen LogP contribution in [-0.4, -0.2) is 33.2 Å². The maximum Gasteiger partial charge on any atom is 0.248 e. The Balaban J connectivity index is 2.44. The Bertz CT molecular complexity index is 296. The van der Waals surface area contributed by atoms with Crippen LogP contribution in [0.3, 0.4) is 0 Å². The van der Waals surface area contributed by atoms with Crippen molar-refractivity contribution in [3.05, 3.63) is 12.4 Å². The molecule has 1 rings (SSSR count). The maximum absolute atomic E-state index is 10.4. The molecular formula is C7H12N4O2. The summed E-state index contributed by atoms with van der Waals surface area (Å²) in [6.45, 7) is 0.0696. The largest absolute Gasteiger partial charge is 0.381 e. The van der Waals surface area contributed by atoms with Crippen molar-refractivity contribution in [1.82, 2.24) is 9.55 Å². The zero-order valence-electron chi connectivity index (χ0n) is 7.27. The van der Waals surface area contributed by atoms with Gasteiger partial charge in [0, 0.05) is 19.4 Å². The fourth-order valence-corrected chi connectivity index (χ4v) is 0.825. The summed E-state index contributed by atoms with van der Waals surface area (Å²) < 4.78 is 1.73. The Morgan fingerprint density at radius 1 is 1.92 bits per heavy atom. The first-order chi connectivity index (χ1) is 6.11. The van der Waals surface area contributed by atoms with Crippen molar-refractivity contribution in [2.24, 2.45) is 12.8 Å². The van der Waals surface area contributed by atoms with Gasteiger partial charge in [-0.1, -0.05) is 0 Å². The number of carbonyl (C=O) groups is 1. The number of nitrogens with one attached hydrogen (secondary N) is 1. The van der Waals surface area contributed by atoms with Gasteiger partial charge in [-0.2, -0.15) is 0 Å². The summed E-state index contributed by atoms with van der Waals surface area (Å²) >= 11 is 0. The lowest BCUT2D eigenvalue weighted by Crippen LogP contribution is -2.34. The van der Waals surface area contributed by atoms with E-state index >= 15 is 0 Å². The molecule has 0 aliphatic rings. The Kier molecular flexibility index (Phi) is 2.86. The van der Waals surface area contributed by atoms with Gasteiger partial charge in [0.2, 0.25) is 11.9 Å². The van der Waals surface area contributed by atoms with Crippen LogP contribution in [0, 0.1) is 0 Å². The Morgan fingerprint density at radius 2 is 2.62 bits per heavy atom. The van der Waals surface area contributed by atoms with E-state index < -0.39 is 12.0 Å². The van der Waals surface area contributed by atoms with Crippen LogP contribution < -0.4 is 11.1 Å². The number of hydrogen-bond donors (Lipinski definition) is 3. The number of hydrogen-bond acceptors (Lipinski definition) is 4. The molecule has 6 heteroatoms. The minimum atomic E-state index is -1.18. The number of carbonyl (C=O) groups excluding carboxylic acids is 1. The number of primary amides is 1. The molecule has 4 N–H and O–H groups in total. The summed E-state index contributed by atoms with van der Waals surface area (Å²) in [4.78, 5) is 14.4. The van der Waals surface area contributed by atoms with Crippen molar-refractivity contribution in [3.63, 3.8) is 0 Å². The molecule has 6 nitrogen and oxygen atoms in total. The highest BCUT2D eigenvalue weighted by Gasteiger charge is 2.10. The molecule has 0 bridgehead atoms. The molecular weight excluding hydrogens is 172 g/mol. The molecule has 0 radical (unpaired) electrons. The van der Waals surface area contributed by atoms with Gasteiger partial charge in [0.1, 0.15) is 6.10 Å². The van der Waals surface area contributed by atoms with Crippen molar-refractivity contribution in [2.75, 3.05) is 11.9 Å². The SMILES string of the molecule is Cn1ccnc1NCC(O)C(N)=O. The third-order valence-electron chi connectivity index (χ3n) is 1.60. The van der Waals surface area contributed by atoms with Gasteiger partial charge in [0.05, 0.1) is 6.54 Å². The van der Waals surface area contributed by atoms with Crippen LogP contribution in [0.25, 0.3) is 0 Å². The molecule has 0 aromatic carbocycles. The van der Waals surface area contributed by atoms with E-state index in [1.54, 1.807) is 24.0 Å². The number of amides is 1. The van der Waals surface area contributed by atoms with Crippen molar-refractivity contribution in [3.8, 4) is 0 Å². The van der Waals surface area contributed by atoms with E-state index in [0.29, 0.717) is 5.95 Å². The molecule has 1 aromatic rings. The van der Waals surface area contributed by atoms with E-state index in [1.165, 1.54) is 0 Å². The van der Waals surface area contributed by atoms with Crippen LogP contribution in [0.2, 0.25) is 0 Å². The van der Waals surface area contributed by atoms with Gasteiger partial charge in [0.15, 0.2) is 0 Å². The molecule has 1 aromatic heterocycles. The zero-order chi connectivity index (χ0) is 9.84. The molecule has 1 atom stereocenters. The fourth-order valence-electron chi connectivity index (χ4n) is 0.825. The Labute approximate surface area is 75.4 Å². The molecule has 1 heterocycles. The molecule has 0 fully saturated rings. The van der Waals surface area contributed by atoms with Crippen LogP contribution in [0.5, 0.6) is 0 Å². The lowest BCUT2D eigenvalue weighted by Gasteiger charge is -2.08. The highest BCUT2D eigenvalue weighted by Crippen LogP contribution is 2.00. The lowest BCUT2D eigenvalue weighted by atomic mass is 10.3. The van der Waals surface area contributed by atoms with E-state index in [2.05, 4.69) is 10.3 Å². The number of nitrogens with zero attached hydrogens (tertiary/aromatic N) is 2. The maximum atomic E-state index is 10.4. The summed E-state index contributed by atoms with van der Waals surface area (Å²) in [6, 6.07) is 0. The molecule has 0 saturated heterocycles. The zero-order valence-corrected chi connectivity index (χ0v) is 7.27. The smallest absolute Gasteiger partial charge is 0.248 e. The first-order valence-electron chi connectivity index (χ1n) is 3.80. The highest BCUT2D eigenvalue weighted by atomic mass is 16.3. The van der Waals surface area contributed by atoms with Gasteiger partial charge in [-0.05, 0) is 0 Å². The molecule has 1 unspecified atom stereocenters. The number of aliphatic hydroxyl groups excluding tert-OH is 1. The second kappa shape index (κ2) is 3.90. The minimum Gasteiger partial charge on any atom is -0.381 e. The van der Waals surface area contributed by atoms with Crippen LogP contribution in [0.4, 0.5) is 5.95 Å². The van der Waals surface area contributed by atoms with Gasteiger partial charge >= 0.3 is 0 Å². The van der Waals surface area contributed by atoms with Crippen LogP contribution in [-0.2, 0) is 11.8 Å². The average molecular weight is 184 g/mol. The predicted octanol–water partition coefficient (Wildman–Crippen LogP) is -1.32. The number of imidazole rings is 1. The highest BCUT2D eigenvalue weighted by molar-refractivity contribution is 5.79. The average Bonchev–Trinajstić information content (AvgIpc) is 2.47. The van der Waals surface area contributed by atoms with E-state index in [0.717, 1.165) is 0 Å². The number of aromatic nitrogens is 2. The quantitative estimate of drug-likeness (QED) is 0.541. The minimum absolute atomic E-state index is 0.0696. The van der Waals surface area contributed by atoms with Crippen molar-refractivity contribution in [1.29, 1.82) is 0 Å². The fraction of sp³-hybridized carbons (Fsp3) is 0.429. The van der Waals surface area contributed by atoms with Gasteiger partial charge in [-0.15, -0.1) is 0 Å². The molecule has 0 aliphatic heterocycles. The molecule has 0 aliphatic carbocycles. The first kappa shape index (κ1) is 9.53. The van der Waals surface area contributed by atoms with Gasteiger partial charge in [-0.3, -0.25) is 4.79 Å². The van der Waals surface area contributed by atoms with E-state index in [9.17, 15) is 4.79 Å². The summed E-state index contributed by atoms with van der Waals surface area (Å²) in [5.41, 5.74) is 4.86. The predicted molar refractivity (Wildman–Crippen MR) is 46.9 cm³/mol. The topological polar surface area (TPSA) is 93.2 Å². The van der Waals surface area contributed by atoms with Crippen LogP contribution in [0.1, 0.15) is 0 Å². The van der Waals surface area contributed by atoms with Crippen LogP contribution >= 0.6 is 0 Å². The number of rotatable bonds is 4. The number of nitrogens with two attached hydrogens (primary N) is 1. The van der Waals surface area contributed by atoms with E-state index in [1.807, 2.05) is 0 Å². The molecule has 1 amide bonds. The molecule has 13 heavy (non-hydrogen) atoms. The van der Waals surface area contributed by atoms with Gasteiger partial charge in [0.25, 0.3) is 0 Å². The number of aryl methyl sites for hydroxylation is 1. The second-order valence-electron chi connectivity index (χ2n) is 2.66. The monoisotopic (exact) mass is 184 g/mol. The number of aliphatic hydroxyl groups is 1. The Morgan fingerprint density at radius 3 is 3.08 bits per heavy atom. The lowest BCUT2D eigenvalue weighted by molar-refractivity contribution is -0.125. The summed E-state index contributed by atoms with van der Waals surface area (Å²) in [5.74, 6) is -0.165. The van der Waals surface area contributed by atoms with Crippen molar-refractivity contribution < 1.29 is 9.90 Å². The third kappa shape index (κ3) is 2.45. The van der Waals surface area contributed by atoms with E-state index in [4.69, 9.17) is 10.8 Å². The van der Waals surface area contributed by atoms with Crippen molar-refractivity contribution in [2.45, 2.75) is 6.10 Å². The standard InChI is InChI=1S/C7H12N4O2/c1-11-3-2-9-7(11)10-4-5(12)6(8)13/h2-3,5,12H,4H2,1H3,(H2,8,13)(H,9,10). The molecule has 72 valence electrons. The number of anilines is 1. The molecule has 0 saturated carbocycles. The third-order valence-corrected chi connectivity index (χ3v) is 1.60. The normalized spacial score (nSPS) is 12.5. The first-order valence-corrected chi connectivity index (χ1v) is 3.80. The summed E-state index contributed by atoms with van der Waals surface area (Å²) in [5, 5.41) is 11.8. The Hall–Kier alpha value is -1.56. The second-order valence-corrected chi connectivity index (χ2v) is 2.66. The van der Waals surface area contributed by atoms with Gasteiger partial charge < -0.3 is 20.7 Å². The van der Waals surface area contributed by atoms with Crippen LogP contribution in [0.15, 0.2) is 12.4 Å². The summed E-state index contributed by atoms with van der Waals surface area (Å²) in [6.07, 6.45) is 2.18.